The van der Waals surface area contributed by atoms with Crippen LogP contribution in [0.1, 0.15) is 36.5 Å². The first kappa shape index (κ1) is 14.2. The maximum absolute atomic E-state index is 9.27. The predicted octanol–water partition coefficient (Wildman–Crippen LogP) is 4.70. The quantitative estimate of drug-likeness (QED) is 0.817. The summed E-state index contributed by atoms with van der Waals surface area (Å²) in [7, 11) is 0. The van der Waals surface area contributed by atoms with Gasteiger partial charge < -0.3 is 0 Å². The van der Waals surface area contributed by atoms with Crippen molar-refractivity contribution in [3.8, 4) is 12.1 Å². The smallest absolute Gasteiger partial charge is 0.102 e. The van der Waals surface area contributed by atoms with Crippen LogP contribution >= 0.6 is 11.8 Å². The normalized spacial score (nSPS) is 10.1. The SMILES string of the molecule is CC(C)c1ccccc1Sc1cccc(C#N)c1C#N. The lowest BCUT2D eigenvalue weighted by atomic mass is 10.0. The standard InChI is InChI=1S/C17H14N2S/c1-12(2)14-7-3-4-8-16(14)20-17-9-5-6-13(10-18)15(17)11-19/h3-9,12H,1-2H3. The Morgan fingerprint density at radius 2 is 1.60 bits per heavy atom. The lowest BCUT2D eigenvalue weighted by Gasteiger charge is -2.12. The van der Waals surface area contributed by atoms with Crippen LogP contribution in [0.3, 0.4) is 0 Å². The van der Waals surface area contributed by atoms with E-state index in [1.54, 1.807) is 17.8 Å². The first-order valence-electron chi connectivity index (χ1n) is 6.37. The third-order valence-corrected chi connectivity index (χ3v) is 4.17. The van der Waals surface area contributed by atoms with Crippen LogP contribution in [0, 0.1) is 22.7 Å². The predicted molar refractivity (Wildman–Crippen MR) is 80.5 cm³/mol. The zero-order chi connectivity index (χ0) is 14.5. The van der Waals surface area contributed by atoms with Crippen LogP contribution in [-0.2, 0) is 0 Å². The molecule has 2 nitrogen and oxygen atoms in total. The molecule has 2 aromatic rings. The van der Waals surface area contributed by atoms with Crippen LogP contribution in [0.2, 0.25) is 0 Å². The molecule has 0 unspecified atom stereocenters. The zero-order valence-electron chi connectivity index (χ0n) is 11.4. The van der Waals surface area contributed by atoms with Gasteiger partial charge in [0.1, 0.15) is 12.1 Å². The van der Waals surface area contributed by atoms with Gasteiger partial charge in [-0.3, -0.25) is 0 Å². The van der Waals surface area contributed by atoms with Gasteiger partial charge in [0.2, 0.25) is 0 Å². The highest BCUT2D eigenvalue weighted by Gasteiger charge is 2.12. The lowest BCUT2D eigenvalue weighted by molar-refractivity contribution is 0.842. The Morgan fingerprint density at radius 1 is 0.900 bits per heavy atom. The number of nitrogens with zero attached hydrogens (tertiary/aromatic N) is 2. The molecule has 0 amide bonds. The second kappa shape index (κ2) is 6.28. The highest BCUT2D eigenvalue weighted by atomic mass is 32.2. The molecular weight excluding hydrogens is 264 g/mol. The summed E-state index contributed by atoms with van der Waals surface area (Å²) in [4.78, 5) is 1.97. The van der Waals surface area contributed by atoms with Crippen molar-refractivity contribution in [3.05, 3.63) is 59.2 Å². The Balaban J connectivity index is 2.47. The van der Waals surface area contributed by atoms with E-state index in [0.717, 1.165) is 9.79 Å². The van der Waals surface area contributed by atoms with Crippen molar-refractivity contribution in [2.45, 2.75) is 29.6 Å². The number of hydrogen-bond donors (Lipinski definition) is 0. The van der Waals surface area contributed by atoms with Gasteiger partial charge in [-0.25, -0.2) is 0 Å². The van der Waals surface area contributed by atoms with Gasteiger partial charge in [-0.2, -0.15) is 10.5 Å². The lowest BCUT2D eigenvalue weighted by Crippen LogP contribution is -1.92. The molecule has 3 heteroatoms. The molecule has 0 aliphatic carbocycles. The Hall–Kier alpha value is -2.23. The van der Waals surface area contributed by atoms with Gasteiger partial charge in [0.05, 0.1) is 11.1 Å². The Morgan fingerprint density at radius 3 is 2.25 bits per heavy atom. The molecule has 20 heavy (non-hydrogen) atoms. The number of rotatable bonds is 3. The fraction of sp³-hybridized carbons (Fsp3) is 0.176. The van der Waals surface area contributed by atoms with Gasteiger partial charge in [0, 0.05) is 9.79 Å². The van der Waals surface area contributed by atoms with Gasteiger partial charge in [0.25, 0.3) is 0 Å². The minimum atomic E-state index is 0.420. The molecule has 0 fully saturated rings. The fourth-order valence-electron chi connectivity index (χ4n) is 1.99. The minimum Gasteiger partial charge on any atom is -0.192 e. The summed E-state index contributed by atoms with van der Waals surface area (Å²) < 4.78 is 0. The average molecular weight is 278 g/mol. The van der Waals surface area contributed by atoms with Crippen molar-refractivity contribution in [2.75, 3.05) is 0 Å². The van der Waals surface area contributed by atoms with Gasteiger partial charge in [-0.05, 0) is 29.7 Å². The van der Waals surface area contributed by atoms with Crippen molar-refractivity contribution in [2.24, 2.45) is 0 Å². The van der Waals surface area contributed by atoms with Crippen molar-refractivity contribution in [3.63, 3.8) is 0 Å². The van der Waals surface area contributed by atoms with Gasteiger partial charge in [0.15, 0.2) is 0 Å². The van der Waals surface area contributed by atoms with E-state index >= 15 is 0 Å². The molecule has 0 spiro atoms. The summed E-state index contributed by atoms with van der Waals surface area (Å²) in [5, 5.41) is 18.3. The van der Waals surface area contributed by atoms with E-state index in [0.29, 0.717) is 17.0 Å². The van der Waals surface area contributed by atoms with Crippen molar-refractivity contribution >= 4 is 11.8 Å². The second-order valence-electron chi connectivity index (χ2n) is 4.70. The van der Waals surface area contributed by atoms with E-state index in [4.69, 9.17) is 5.26 Å². The molecular formula is C17H14N2S. The first-order valence-corrected chi connectivity index (χ1v) is 7.19. The summed E-state index contributed by atoms with van der Waals surface area (Å²) in [6.45, 7) is 4.30. The molecule has 0 aromatic heterocycles. The maximum Gasteiger partial charge on any atom is 0.102 e. The van der Waals surface area contributed by atoms with Crippen molar-refractivity contribution < 1.29 is 0 Å². The Labute approximate surface area is 123 Å². The van der Waals surface area contributed by atoms with Crippen LogP contribution in [0.15, 0.2) is 52.3 Å². The Bertz CT molecular complexity index is 706. The summed E-state index contributed by atoms with van der Waals surface area (Å²) in [6, 6.07) is 17.8. The largest absolute Gasteiger partial charge is 0.192 e. The number of benzene rings is 2. The van der Waals surface area contributed by atoms with Crippen molar-refractivity contribution in [1.29, 1.82) is 10.5 Å². The molecule has 2 aromatic carbocycles. The van der Waals surface area contributed by atoms with E-state index < -0.39 is 0 Å². The van der Waals surface area contributed by atoms with E-state index in [9.17, 15) is 5.26 Å². The van der Waals surface area contributed by atoms with Crippen LogP contribution in [0.4, 0.5) is 0 Å². The molecule has 0 atom stereocenters. The topological polar surface area (TPSA) is 47.6 Å². The summed E-state index contributed by atoms with van der Waals surface area (Å²) in [6.07, 6.45) is 0. The summed E-state index contributed by atoms with van der Waals surface area (Å²) in [5.74, 6) is 0.420. The van der Waals surface area contributed by atoms with E-state index in [1.807, 2.05) is 24.3 Å². The highest BCUT2D eigenvalue weighted by Crippen LogP contribution is 2.36. The molecule has 0 aliphatic rings. The second-order valence-corrected chi connectivity index (χ2v) is 5.78. The molecule has 0 bridgehead atoms. The van der Waals surface area contributed by atoms with Gasteiger partial charge in [-0.1, -0.05) is 49.9 Å². The summed E-state index contributed by atoms with van der Waals surface area (Å²) in [5.41, 5.74) is 2.14. The molecule has 0 heterocycles. The average Bonchev–Trinajstić information content (AvgIpc) is 2.47. The molecule has 0 saturated carbocycles. The molecule has 2 rings (SSSR count). The summed E-state index contributed by atoms with van der Waals surface area (Å²) >= 11 is 1.55. The maximum atomic E-state index is 9.27. The van der Waals surface area contributed by atoms with Crippen LogP contribution in [-0.4, -0.2) is 0 Å². The third kappa shape index (κ3) is 2.85. The van der Waals surface area contributed by atoms with E-state index in [1.165, 1.54) is 5.56 Å². The number of nitriles is 2. The Kier molecular flexibility index (Phi) is 4.45. The fourth-order valence-corrected chi connectivity index (χ4v) is 3.20. The van der Waals surface area contributed by atoms with E-state index in [2.05, 4.69) is 38.1 Å². The van der Waals surface area contributed by atoms with Crippen LogP contribution in [0.25, 0.3) is 0 Å². The molecule has 98 valence electrons. The van der Waals surface area contributed by atoms with E-state index in [-0.39, 0.29) is 0 Å². The molecule has 0 radical (unpaired) electrons. The highest BCUT2D eigenvalue weighted by molar-refractivity contribution is 7.99. The van der Waals surface area contributed by atoms with Crippen LogP contribution in [0.5, 0.6) is 0 Å². The monoisotopic (exact) mass is 278 g/mol. The zero-order valence-corrected chi connectivity index (χ0v) is 12.2. The van der Waals surface area contributed by atoms with Crippen LogP contribution < -0.4 is 0 Å². The number of hydrogen-bond acceptors (Lipinski definition) is 3. The van der Waals surface area contributed by atoms with Crippen molar-refractivity contribution in [1.82, 2.24) is 0 Å². The third-order valence-electron chi connectivity index (χ3n) is 3.02. The molecule has 0 saturated heterocycles. The van der Waals surface area contributed by atoms with Gasteiger partial charge >= 0.3 is 0 Å². The van der Waals surface area contributed by atoms with Gasteiger partial charge in [-0.15, -0.1) is 0 Å². The minimum absolute atomic E-state index is 0.420. The molecule has 0 N–H and O–H groups in total. The first-order chi connectivity index (χ1) is 9.67. The molecule has 0 aliphatic heterocycles.